The molecule has 1 aliphatic heterocycles. The van der Waals surface area contributed by atoms with Crippen molar-refractivity contribution >= 4 is 16.5 Å². The number of piperidine rings is 1. The van der Waals surface area contributed by atoms with Crippen LogP contribution in [0, 0.1) is 0 Å². The molecule has 3 nitrogen and oxygen atoms in total. The van der Waals surface area contributed by atoms with Gasteiger partial charge in [0.15, 0.2) is 5.13 Å². The molecule has 0 radical (unpaired) electrons. The van der Waals surface area contributed by atoms with Crippen molar-refractivity contribution in [1.82, 2.24) is 4.98 Å². The number of nitrogens with zero attached hydrogens (tertiary/aromatic N) is 2. The average Bonchev–Trinajstić information content (AvgIpc) is 2.67. The number of anilines is 1. The Labute approximate surface area is 88.4 Å². The fraction of sp³-hybridized carbons (Fsp3) is 0.700. The van der Waals surface area contributed by atoms with Crippen LogP contribution < -0.4 is 4.90 Å². The van der Waals surface area contributed by atoms with Crippen LogP contribution >= 0.6 is 11.3 Å². The Kier molecular flexibility index (Phi) is 3.03. The summed E-state index contributed by atoms with van der Waals surface area (Å²) >= 11 is 1.64. The summed E-state index contributed by atoms with van der Waals surface area (Å²) in [5, 5.41) is 12.0. The van der Waals surface area contributed by atoms with Crippen molar-refractivity contribution in [1.29, 1.82) is 0 Å². The van der Waals surface area contributed by atoms with Gasteiger partial charge in [0.1, 0.15) is 0 Å². The van der Waals surface area contributed by atoms with Crippen molar-refractivity contribution < 1.29 is 5.11 Å². The van der Waals surface area contributed by atoms with E-state index in [4.69, 9.17) is 5.11 Å². The van der Waals surface area contributed by atoms with Gasteiger partial charge in [-0.05, 0) is 26.2 Å². The van der Waals surface area contributed by atoms with E-state index < -0.39 is 0 Å². The molecule has 0 saturated carbocycles. The average molecular weight is 212 g/mol. The van der Waals surface area contributed by atoms with Gasteiger partial charge < -0.3 is 10.0 Å². The van der Waals surface area contributed by atoms with Crippen LogP contribution in [0.2, 0.25) is 0 Å². The lowest BCUT2D eigenvalue weighted by molar-refractivity contribution is 0.277. The molecule has 0 aliphatic carbocycles. The largest absolute Gasteiger partial charge is 0.390 e. The minimum Gasteiger partial charge on any atom is -0.390 e. The van der Waals surface area contributed by atoms with Gasteiger partial charge in [0.2, 0.25) is 0 Å². The van der Waals surface area contributed by atoms with Crippen LogP contribution in [0.1, 0.15) is 31.9 Å². The predicted molar refractivity (Wildman–Crippen MR) is 58.7 cm³/mol. The van der Waals surface area contributed by atoms with E-state index in [1.807, 2.05) is 5.38 Å². The summed E-state index contributed by atoms with van der Waals surface area (Å²) in [6, 6.07) is 0.599. The van der Waals surface area contributed by atoms with Gasteiger partial charge in [-0.15, -0.1) is 11.3 Å². The molecule has 4 heteroatoms. The summed E-state index contributed by atoms with van der Waals surface area (Å²) in [5.41, 5.74) is 0.794. The maximum atomic E-state index is 8.94. The summed E-state index contributed by atoms with van der Waals surface area (Å²) < 4.78 is 0. The number of hydrogen-bond donors (Lipinski definition) is 1. The Morgan fingerprint density at radius 3 is 3.14 bits per heavy atom. The van der Waals surface area contributed by atoms with E-state index in [-0.39, 0.29) is 6.61 Å². The maximum Gasteiger partial charge on any atom is 0.185 e. The molecule has 1 aliphatic rings. The molecule has 0 aromatic carbocycles. The Bertz CT molecular complexity index is 300. The van der Waals surface area contributed by atoms with Gasteiger partial charge in [0.25, 0.3) is 0 Å². The first-order valence-corrected chi connectivity index (χ1v) is 6.01. The Morgan fingerprint density at radius 2 is 2.50 bits per heavy atom. The fourth-order valence-electron chi connectivity index (χ4n) is 1.88. The van der Waals surface area contributed by atoms with Crippen LogP contribution in [0.15, 0.2) is 5.38 Å². The van der Waals surface area contributed by atoms with Crippen LogP contribution in [0.4, 0.5) is 5.13 Å². The lowest BCUT2D eigenvalue weighted by Gasteiger charge is -2.33. The van der Waals surface area contributed by atoms with Crippen molar-refractivity contribution in [2.45, 2.75) is 38.8 Å². The third-order valence-electron chi connectivity index (χ3n) is 2.75. The van der Waals surface area contributed by atoms with Crippen LogP contribution in [-0.4, -0.2) is 22.7 Å². The van der Waals surface area contributed by atoms with Gasteiger partial charge in [0.05, 0.1) is 12.3 Å². The maximum absolute atomic E-state index is 8.94. The van der Waals surface area contributed by atoms with E-state index in [9.17, 15) is 0 Å². The summed E-state index contributed by atoms with van der Waals surface area (Å²) in [4.78, 5) is 6.75. The number of aromatic nitrogens is 1. The van der Waals surface area contributed by atoms with Crippen LogP contribution in [0.25, 0.3) is 0 Å². The molecule has 1 aromatic heterocycles. The second-order valence-electron chi connectivity index (χ2n) is 3.82. The molecule has 1 aromatic rings. The highest BCUT2D eigenvalue weighted by atomic mass is 32.1. The van der Waals surface area contributed by atoms with Gasteiger partial charge in [-0.25, -0.2) is 4.98 Å². The molecule has 1 N–H and O–H groups in total. The molecular formula is C10H16N2OS. The first-order chi connectivity index (χ1) is 6.81. The highest BCUT2D eigenvalue weighted by Gasteiger charge is 2.20. The van der Waals surface area contributed by atoms with Crippen LogP contribution in [-0.2, 0) is 6.61 Å². The van der Waals surface area contributed by atoms with Gasteiger partial charge in [-0.3, -0.25) is 0 Å². The monoisotopic (exact) mass is 212 g/mol. The number of hydrogen-bond acceptors (Lipinski definition) is 4. The van der Waals surface area contributed by atoms with E-state index in [1.54, 1.807) is 11.3 Å². The first kappa shape index (κ1) is 9.93. The first-order valence-electron chi connectivity index (χ1n) is 5.13. The van der Waals surface area contributed by atoms with Crippen molar-refractivity contribution in [2.75, 3.05) is 11.4 Å². The zero-order valence-corrected chi connectivity index (χ0v) is 9.26. The summed E-state index contributed by atoms with van der Waals surface area (Å²) in [6.45, 7) is 3.41. The Hall–Kier alpha value is -0.610. The number of aliphatic hydroxyl groups excluding tert-OH is 1. The van der Waals surface area contributed by atoms with E-state index in [1.165, 1.54) is 19.3 Å². The second kappa shape index (κ2) is 4.28. The van der Waals surface area contributed by atoms with E-state index in [0.29, 0.717) is 6.04 Å². The van der Waals surface area contributed by atoms with Crippen molar-refractivity contribution in [3.63, 3.8) is 0 Å². The van der Waals surface area contributed by atoms with Gasteiger partial charge in [0, 0.05) is 18.0 Å². The zero-order valence-electron chi connectivity index (χ0n) is 8.44. The van der Waals surface area contributed by atoms with Crippen LogP contribution in [0.5, 0.6) is 0 Å². The summed E-state index contributed by atoms with van der Waals surface area (Å²) in [6.07, 6.45) is 3.85. The summed E-state index contributed by atoms with van der Waals surface area (Å²) in [7, 11) is 0. The molecule has 0 spiro atoms. The van der Waals surface area contributed by atoms with E-state index in [2.05, 4.69) is 16.8 Å². The van der Waals surface area contributed by atoms with E-state index in [0.717, 1.165) is 17.4 Å². The lowest BCUT2D eigenvalue weighted by atomic mass is 10.1. The molecule has 1 saturated heterocycles. The SMILES string of the molecule is CC1CCCCN1c1nc(CO)cs1. The smallest absolute Gasteiger partial charge is 0.185 e. The highest BCUT2D eigenvalue weighted by Crippen LogP contribution is 2.27. The molecule has 2 rings (SSSR count). The van der Waals surface area contributed by atoms with Gasteiger partial charge in [-0.2, -0.15) is 0 Å². The molecule has 0 bridgehead atoms. The molecule has 78 valence electrons. The number of aliphatic hydroxyl groups is 1. The third kappa shape index (κ3) is 1.91. The predicted octanol–water partition coefficient (Wildman–Crippen LogP) is 2.01. The minimum absolute atomic E-state index is 0.0543. The molecule has 1 atom stereocenters. The van der Waals surface area contributed by atoms with Gasteiger partial charge in [-0.1, -0.05) is 0 Å². The number of thiazole rings is 1. The van der Waals surface area contributed by atoms with Crippen LogP contribution in [0.3, 0.4) is 0 Å². The third-order valence-corrected chi connectivity index (χ3v) is 3.68. The molecule has 14 heavy (non-hydrogen) atoms. The molecule has 0 amide bonds. The van der Waals surface area contributed by atoms with E-state index >= 15 is 0 Å². The topological polar surface area (TPSA) is 36.4 Å². The quantitative estimate of drug-likeness (QED) is 0.814. The molecular weight excluding hydrogens is 196 g/mol. The standard InChI is InChI=1S/C10H16N2OS/c1-8-4-2-3-5-12(8)10-11-9(6-13)7-14-10/h7-8,13H,2-6H2,1H3. The molecule has 1 fully saturated rings. The fourth-order valence-corrected chi connectivity index (χ4v) is 2.83. The van der Waals surface area contributed by atoms with Crippen molar-refractivity contribution in [2.24, 2.45) is 0 Å². The van der Waals surface area contributed by atoms with Crippen molar-refractivity contribution in [3.05, 3.63) is 11.1 Å². The Balaban J connectivity index is 2.12. The molecule has 1 unspecified atom stereocenters. The van der Waals surface area contributed by atoms with Gasteiger partial charge >= 0.3 is 0 Å². The second-order valence-corrected chi connectivity index (χ2v) is 4.65. The highest BCUT2D eigenvalue weighted by molar-refractivity contribution is 7.13. The zero-order chi connectivity index (χ0) is 9.97. The minimum atomic E-state index is 0.0543. The normalized spacial score (nSPS) is 22.7. The lowest BCUT2D eigenvalue weighted by Crippen LogP contribution is -2.37. The van der Waals surface area contributed by atoms with Crippen molar-refractivity contribution in [3.8, 4) is 0 Å². The summed E-state index contributed by atoms with van der Waals surface area (Å²) in [5.74, 6) is 0. The Morgan fingerprint density at radius 1 is 1.64 bits per heavy atom. The number of rotatable bonds is 2. The molecule has 2 heterocycles.